The molecular weight excluding hydrogens is 522 g/mol. The number of furan rings is 1. The van der Waals surface area contributed by atoms with Crippen molar-refractivity contribution >= 4 is 5.91 Å². The fraction of sp³-hybridized carbons (Fsp3) is 0.361. The largest absolute Gasteiger partial charge is 0.489 e. The van der Waals surface area contributed by atoms with E-state index < -0.39 is 0 Å². The van der Waals surface area contributed by atoms with E-state index in [1.165, 1.54) is 11.1 Å². The molecule has 42 heavy (non-hydrogen) atoms. The molecule has 220 valence electrons. The molecule has 0 bridgehead atoms. The van der Waals surface area contributed by atoms with Crippen LogP contribution in [0.4, 0.5) is 0 Å². The summed E-state index contributed by atoms with van der Waals surface area (Å²) < 4.78 is 12.2. The molecule has 6 nitrogen and oxygen atoms in total. The van der Waals surface area contributed by atoms with E-state index in [-0.39, 0.29) is 18.1 Å². The summed E-state index contributed by atoms with van der Waals surface area (Å²) in [6.45, 7) is 9.33. The van der Waals surface area contributed by atoms with Gasteiger partial charge < -0.3 is 14.5 Å². The van der Waals surface area contributed by atoms with Crippen LogP contribution in [0.1, 0.15) is 65.9 Å². The van der Waals surface area contributed by atoms with Gasteiger partial charge in [-0.3, -0.25) is 14.6 Å². The molecule has 1 aliphatic rings. The molecular formula is C36H43N3O3. The molecule has 2 atom stereocenters. The maximum atomic E-state index is 13.2. The normalized spacial score (nSPS) is 16.4. The number of hydrogen-bond acceptors (Lipinski definition) is 5. The van der Waals surface area contributed by atoms with Gasteiger partial charge in [0, 0.05) is 31.1 Å². The monoisotopic (exact) mass is 565 g/mol. The van der Waals surface area contributed by atoms with Crippen LogP contribution in [0, 0.1) is 0 Å². The minimum atomic E-state index is -0.108. The quantitative estimate of drug-likeness (QED) is 0.194. The number of benzene rings is 3. The number of amides is 1. The second-order valence-corrected chi connectivity index (χ2v) is 11.0. The SMILES string of the molecule is CCN(CC)C(CNC(=O)c1cccc(OC2CCCN(CC(c3ccccc3)c3ccccc3)C2)c1)c1ccco1. The highest BCUT2D eigenvalue weighted by Gasteiger charge is 2.26. The first kappa shape index (κ1) is 29.6. The highest BCUT2D eigenvalue weighted by Crippen LogP contribution is 2.28. The zero-order valence-corrected chi connectivity index (χ0v) is 24.8. The minimum absolute atomic E-state index is 0.0118. The molecule has 3 aromatic carbocycles. The van der Waals surface area contributed by atoms with Gasteiger partial charge in [0.05, 0.1) is 12.3 Å². The Bertz CT molecular complexity index is 1320. The van der Waals surface area contributed by atoms with Crippen molar-refractivity contribution in [2.24, 2.45) is 0 Å². The number of rotatable bonds is 13. The van der Waals surface area contributed by atoms with Crippen molar-refractivity contribution in [2.45, 2.75) is 44.8 Å². The summed E-state index contributed by atoms with van der Waals surface area (Å²) in [7, 11) is 0. The molecule has 5 rings (SSSR count). The van der Waals surface area contributed by atoms with Crippen LogP contribution >= 0.6 is 0 Å². The Balaban J connectivity index is 1.21. The molecule has 2 unspecified atom stereocenters. The number of hydrogen-bond donors (Lipinski definition) is 1. The molecule has 0 radical (unpaired) electrons. The first-order valence-electron chi connectivity index (χ1n) is 15.3. The third-order valence-electron chi connectivity index (χ3n) is 8.29. The molecule has 4 aromatic rings. The zero-order valence-electron chi connectivity index (χ0n) is 24.8. The van der Waals surface area contributed by atoms with Gasteiger partial charge in [0.2, 0.25) is 0 Å². The number of likely N-dealkylation sites (N-methyl/N-ethyl adjacent to an activating group) is 1. The molecule has 1 fully saturated rings. The number of carbonyl (C=O) groups is 1. The minimum Gasteiger partial charge on any atom is -0.489 e. The predicted molar refractivity (Wildman–Crippen MR) is 168 cm³/mol. The molecule has 0 saturated carbocycles. The Labute approximate surface area is 250 Å². The van der Waals surface area contributed by atoms with Crippen LogP contribution in [0.25, 0.3) is 0 Å². The Kier molecular flexibility index (Phi) is 10.5. The van der Waals surface area contributed by atoms with Gasteiger partial charge in [0.25, 0.3) is 5.91 Å². The number of piperidine rings is 1. The van der Waals surface area contributed by atoms with Crippen LogP contribution < -0.4 is 10.1 Å². The lowest BCUT2D eigenvalue weighted by Gasteiger charge is -2.35. The summed E-state index contributed by atoms with van der Waals surface area (Å²) in [5.74, 6) is 1.80. The van der Waals surface area contributed by atoms with Gasteiger partial charge in [-0.25, -0.2) is 0 Å². The van der Waals surface area contributed by atoms with Gasteiger partial charge in [0.1, 0.15) is 17.6 Å². The Morgan fingerprint density at radius 1 is 0.952 bits per heavy atom. The van der Waals surface area contributed by atoms with Gasteiger partial charge in [-0.15, -0.1) is 0 Å². The fourth-order valence-electron chi connectivity index (χ4n) is 6.06. The van der Waals surface area contributed by atoms with Crippen molar-refractivity contribution in [2.75, 3.05) is 39.3 Å². The van der Waals surface area contributed by atoms with E-state index in [1.54, 1.807) is 6.26 Å². The van der Waals surface area contributed by atoms with Crippen LogP contribution in [0.5, 0.6) is 5.75 Å². The van der Waals surface area contributed by atoms with Gasteiger partial charge in [-0.05, 0) is 73.9 Å². The van der Waals surface area contributed by atoms with Crippen LogP contribution in [0.3, 0.4) is 0 Å². The second-order valence-electron chi connectivity index (χ2n) is 11.0. The summed E-state index contributed by atoms with van der Waals surface area (Å²) in [5, 5.41) is 3.12. The third-order valence-corrected chi connectivity index (χ3v) is 8.29. The number of carbonyl (C=O) groups excluding carboxylic acids is 1. The van der Waals surface area contributed by atoms with E-state index in [9.17, 15) is 4.79 Å². The Morgan fingerprint density at radius 3 is 2.31 bits per heavy atom. The molecule has 1 N–H and O–H groups in total. The maximum absolute atomic E-state index is 13.2. The molecule has 1 amide bonds. The predicted octanol–water partition coefficient (Wildman–Crippen LogP) is 6.77. The molecule has 0 aliphatic carbocycles. The molecule has 2 heterocycles. The summed E-state index contributed by atoms with van der Waals surface area (Å²) in [5.41, 5.74) is 3.27. The van der Waals surface area contributed by atoms with E-state index in [4.69, 9.17) is 9.15 Å². The van der Waals surface area contributed by atoms with Crippen LogP contribution in [0.15, 0.2) is 108 Å². The summed E-state index contributed by atoms with van der Waals surface area (Å²) in [6, 6.07) is 33.0. The first-order chi connectivity index (χ1) is 20.6. The van der Waals surface area contributed by atoms with Gasteiger partial charge in [0.15, 0.2) is 0 Å². The fourth-order valence-corrected chi connectivity index (χ4v) is 6.06. The smallest absolute Gasteiger partial charge is 0.251 e. The van der Waals surface area contributed by atoms with Crippen LogP contribution in [-0.2, 0) is 0 Å². The van der Waals surface area contributed by atoms with Gasteiger partial charge in [-0.2, -0.15) is 0 Å². The van der Waals surface area contributed by atoms with Gasteiger partial charge >= 0.3 is 0 Å². The van der Waals surface area contributed by atoms with Crippen molar-refractivity contribution in [1.82, 2.24) is 15.1 Å². The van der Waals surface area contributed by atoms with Gasteiger partial charge in [-0.1, -0.05) is 80.6 Å². The highest BCUT2D eigenvalue weighted by atomic mass is 16.5. The van der Waals surface area contributed by atoms with Crippen molar-refractivity contribution in [3.8, 4) is 5.75 Å². The molecule has 6 heteroatoms. The summed E-state index contributed by atoms with van der Waals surface area (Å²) >= 11 is 0. The standard InChI is InChI=1S/C36H43N3O3/c1-3-39(4-2)34(35-21-13-23-41-35)25-37-36(40)30-18-11-19-31(24-30)42-32-20-12-22-38(26-32)27-33(28-14-7-5-8-15-28)29-16-9-6-10-17-29/h5-11,13-19,21,23-24,32-34H,3-4,12,20,22,25-27H2,1-2H3,(H,37,40). The molecule has 0 spiro atoms. The van der Waals surface area contributed by atoms with E-state index in [0.29, 0.717) is 18.0 Å². The second kappa shape index (κ2) is 14.9. The van der Waals surface area contributed by atoms with Crippen molar-refractivity contribution in [3.63, 3.8) is 0 Å². The lowest BCUT2D eigenvalue weighted by Crippen LogP contribution is -2.43. The average molecular weight is 566 g/mol. The first-order valence-corrected chi connectivity index (χ1v) is 15.3. The molecule has 1 aromatic heterocycles. The molecule has 1 saturated heterocycles. The third kappa shape index (κ3) is 7.69. The lowest BCUT2D eigenvalue weighted by atomic mass is 9.90. The number of nitrogens with zero attached hydrogens (tertiary/aromatic N) is 2. The Hall–Kier alpha value is -3.87. The number of nitrogens with one attached hydrogen (secondary N) is 1. The summed E-state index contributed by atoms with van der Waals surface area (Å²) in [4.78, 5) is 18.0. The van der Waals surface area contributed by atoms with E-state index >= 15 is 0 Å². The van der Waals surface area contributed by atoms with E-state index in [2.05, 4.69) is 89.6 Å². The van der Waals surface area contributed by atoms with Crippen molar-refractivity contribution in [3.05, 3.63) is 126 Å². The van der Waals surface area contributed by atoms with Crippen LogP contribution in [-0.4, -0.2) is 61.1 Å². The molecule has 1 aliphatic heterocycles. The number of likely N-dealkylation sites (tertiary alicyclic amines) is 1. The van der Waals surface area contributed by atoms with Crippen LogP contribution in [0.2, 0.25) is 0 Å². The average Bonchev–Trinajstić information content (AvgIpc) is 3.58. The lowest BCUT2D eigenvalue weighted by molar-refractivity contribution is 0.0859. The highest BCUT2D eigenvalue weighted by molar-refractivity contribution is 5.94. The van der Waals surface area contributed by atoms with E-state index in [1.807, 2.05) is 36.4 Å². The zero-order chi connectivity index (χ0) is 29.1. The van der Waals surface area contributed by atoms with Crippen molar-refractivity contribution < 1.29 is 13.9 Å². The van der Waals surface area contributed by atoms with E-state index in [0.717, 1.165) is 57.1 Å². The Morgan fingerprint density at radius 2 is 1.67 bits per heavy atom. The number of ether oxygens (including phenoxy) is 1. The maximum Gasteiger partial charge on any atom is 0.251 e. The topological polar surface area (TPSA) is 58.0 Å². The summed E-state index contributed by atoms with van der Waals surface area (Å²) in [6.07, 6.45) is 3.85. The van der Waals surface area contributed by atoms with Crippen molar-refractivity contribution in [1.29, 1.82) is 0 Å².